The van der Waals surface area contributed by atoms with Crippen LogP contribution >= 0.6 is 0 Å². The van der Waals surface area contributed by atoms with Crippen molar-refractivity contribution in [3.63, 3.8) is 0 Å². The van der Waals surface area contributed by atoms with Crippen molar-refractivity contribution in [1.29, 1.82) is 0 Å². The fraction of sp³-hybridized carbons (Fsp3) is 1.00. The molecule has 0 radical (unpaired) electrons. The molecule has 1 saturated heterocycles. The molecule has 1 heterocycles. The lowest BCUT2D eigenvalue weighted by molar-refractivity contribution is 0.262. The van der Waals surface area contributed by atoms with E-state index >= 15 is 0 Å². The van der Waals surface area contributed by atoms with Crippen LogP contribution in [0.5, 0.6) is 0 Å². The number of halogens is 1. The van der Waals surface area contributed by atoms with Crippen LogP contribution in [-0.4, -0.2) is 19.3 Å². The van der Waals surface area contributed by atoms with Gasteiger partial charge in [-0.25, -0.2) is 4.39 Å². The summed E-state index contributed by atoms with van der Waals surface area (Å²) < 4.78 is 12.8. The molecule has 0 unspecified atom stereocenters. The maximum atomic E-state index is 12.8. The van der Waals surface area contributed by atoms with Crippen LogP contribution in [0.25, 0.3) is 0 Å². The smallest absolute Gasteiger partial charge is 0.117 e. The fourth-order valence-corrected chi connectivity index (χ4v) is 1.65. The Hall–Kier alpha value is -0.110. The first-order chi connectivity index (χ1) is 4.38. The van der Waals surface area contributed by atoms with Crippen LogP contribution in [0.2, 0.25) is 0 Å². The minimum absolute atomic E-state index is 0.366. The van der Waals surface area contributed by atoms with Gasteiger partial charge >= 0.3 is 0 Å². The van der Waals surface area contributed by atoms with E-state index in [9.17, 15) is 4.39 Å². The van der Waals surface area contributed by atoms with Crippen LogP contribution in [0.1, 0.15) is 12.8 Å². The minimum atomic E-state index is -0.544. The molecule has 1 N–H and O–H groups in total. The standard InChI is InChI=1S/C7H12FN/c8-7-4-9-3-6(7)5-1-2-5/h5-7,9H,1-4H2/t6-,7-/m0/s1. The molecule has 9 heavy (non-hydrogen) atoms. The summed E-state index contributed by atoms with van der Waals surface area (Å²) in [5, 5.41) is 3.07. The summed E-state index contributed by atoms with van der Waals surface area (Å²) in [4.78, 5) is 0. The van der Waals surface area contributed by atoms with E-state index in [-0.39, 0.29) is 0 Å². The summed E-state index contributed by atoms with van der Waals surface area (Å²) in [6, 6.07) is 0. The summed E-state index contributed by atoms with van der Waals surface area (Å²) in [5.41, 5.74) is 0. The second-order valence-corrected chi connectivity index (χ2v) is 3.18. The molecule has 1 aliphatic carbocycles. The van der Waals surface area contributed by atoms with Gasteiger partial charge in [0.05, 0.1) is 0 Å². The third-order valence-electron chi connectivity index (χ3n) is 2.41. The Kier molecular flexibility index (Phi) is 1.22. The molecule has 0 aromatic carbocycles. The molecule has 2 rings (SSSR count). The third-order valence-corrected chi connectivity index (χ3v) is 2.41. The van der Waals surface area contributed by atoms with Gasteiger partial charge in [0, 0.05) is 19.0 Å². The molecule has 52 valence electrons. The normalized spacial score (nSPS) is 43.7. The van der Waals surface area contributed by atoms with Crippen molar-refractivity contribution in [2.75, 3.05) is 13.1 Å². The van der Waals surface area contributed by atoms with Gasteiger partial charge in [-0.05, 0) is 18.8 Å². The molecule has 2 aliphatic rings. The molecule has 1 aliphatic heterocycles. The molecule has 0 aromatic rings. The van der Waals surface area contributed by atoms with Gasteiger partial charge in [0.15, 0.2) is 0 Å². The highest BCUT2D eigenvalue weighted by molar-refractivity contribution is 4.91. The van der Waals surface area contributed by atoms with Gasteiger partial charge in [0.2, 0.25) is 0 Å². The van der Waals surface area contributed by atoms with Crippen molar-refractivity contribution in [2.24, 2.45) is 11.8 Å². The second kappa shape index (κ2) is 1.94. The lowest BCUT2D eigenvalue weighted by Crippen LogP contribution is -2.14. The second-order valence-electron chi connectivity index (χ2n) is 3.18. The van der Waals surface area contributed by atoms with E-state index in [4.69, 9.17) is 0 Å². The summed E-state index contributed by atoms with van der Waals surface area (Å²) >= 11 is 0. The van der Waals surface area contributed by atoms with E-state index in [2.05, 4.69) is 5.32 Å². The Bertz CT molecular complexity index is 111. The first kappa shape index (κ1) is 5.66. The molecule has 0 aromatic heterocycles. The van der Waals surface area contributed by atoms with Crippen molar-refractivity contribution >= 4 is 0 Å². The Balaban J connectivity index is 1.93. The summed E-state index contributed by atoms with van der Waals surface area (Å²) in [6.07, 6.45) is 2.00. The Morgan fingerprint density at radius 3 is 2.44 bits per heavy atom. The van der Waals surface area contributed by atoms with E-state index in [0.29, 0.717) is 12.5 Å². The van der Waals surface area contributed by atoms with Crippen LogP contribution < -0.4 is 5.32 Å². The van der Waals surface area contributed by atoms with Crippen molar-refractivity contribution < 1.29 is 4.39 Å². The van der Waals surface area contributed by atoms with Crippen LogP contribution in [0, 0.1) is 11.8 Å². The lowest BCUT2D eigenvalue weighted by Gasteiger charge is -2.07. The van der Waals surface area contributed by atoms with Gasteiger partial charge in [0.25, 0.3) is 0 Å². The third kappa shape index (κ3) is 0.960. The minimum Gasteiger partial charge on any atom is -0.313 e. The SMILES string of the molecule is F[C@H]1CNC[C@H]1C1CC1. The van der Waals surface area contributed by atoms with Crippen molar-refractivity contribution in [3.8, 4) is 0 Å². The number of alkyl halides is 1. The van der Waals surface area contributed by atoms with Crippen LogP contribution in [-0.2, 0) is 0 Å². The molecular weight excluding hydrogens is 117 g/mol. The average Bonchev–Trinajstić information content (AvgIpc) is 2.58. The molecule has 0 amide bonds. The highest BCUT2D eigenvalue weighted by Crippen LogP contribution is 2.40. The lowest BCUT2D eigenvalue weighted by atomic mass is 10.0. The molecule has 0 bridgehead atoms. The van der Waals surface area contributed by atoms with Gasteiger partial charge in [-0.15, -0.1) is 0 Å². The molecule has 0 spiro atoms. The van der Waals surface area contributed by atoms with Gasteiger partial charge in [-0.2, -0.15) is 0 Å². The topological polar surface area (TPSA) is 12.0 Å². The van der Waals surface area contributed by atoms with Crippen LogP contribution in [0.15, 0.2) is 0 Å². The first-order valence-electron chi connectivity index (χ1n) is 3.72. The van der Waals surface area contributed by atoms with E-state index in [1.807, 2.05) is 0 Å². The molecule has 2 heteroatoms. The summed E-state index contributed by atoms with van der Waals surface area (Å²) in [6.45, 7) is 1.52. The first-order valence-corrected chi connectivity index (χ1v) is 3.72. The van der Waals surface area contributed by atoms with Crippen LogP contribution in [0.3, 0.4) is 0 Å². The highest BCUT2D eigenvalue weighted by Gasteiger charge is 2.39. The van der Waals surface area contributed by atoms with E-state index in [1.165, 1.54) is 12.8 Å². The van der Waals surface area contributed by atoms with Gasteiger partial charge < -0.3 is 5.32 Å². The number of rotatable bonds is 1. The maximum absolute atomic E-state index is 12.8. The number of nitrogens with one attached hydrogen (secondary N) is 1. The van der Waals surface area contributed by atoms with E-state index in [1.54, 1.807) is 0 Å². The van der Waals surface area contributed by atoms with Crippen molar-refractivity contribution in [1.82, 2.24) is 5.32 Å². The predicted octanol–water partition coefficient (Wildman–Crippen LogP) is 0.954. The molecule has 2 fully saturated rings. The van der Waals surface area contributed by atoms with Crippen molar-refractivity contribution in [2.45, 2.75) is 19.0 Å². The van der Waals surface area contributed by atoms with Crippen molar-refractivity contribution in [3.05, 3.63) is 0 Å². The van der Waals surface area contributed by atoms with Gasteiger partial charge in [-0.3, -0.25) is 0 Å². The Morgan fingerprint density at radius 1 is 1.22 bits per heavy atom. The maximum Gasteiger partial charge on any atom is 0.117 e. The quantitative estimate of drug-likeness (QED) is 0.556. The van der Waals surface area contributed by atoms with E-state index in [0.717, 1.165) is 12.5 Å². The van der Waals surface area contributed by atoms with Crippen LogP contribution in [0.4, 0.5) is 4.39 Å². The molecule has 1 saturated carbocycles. The summed E-state index contributed by atoms with van der Waals surface area (Å²) in [5.74, 6) is 1.10. The monoisotopic (exact) mass is 129 g/mol. The Labute approximate surface area is 54.6 Å². The fourth-order valence-electron chi connectivity index (χ4n) is 1.65. The zero-order valence-electron chi connectivity index (χ0n) is 5.44. The van der Waals surface area contributed by atoms with E-state index < -0.39 is 6.17 Å². The molecule has 1 nitrogen and oxygen atoms in total. The predicted molar refractivity (Wildman–Crippen MR) is 34.0 cm³/mol. The summed E-state index contributed by atoms with van der Waals surface area (Å²) in [7, 11) is 0. The average molecular weight is 129 g/mol. The Morgan fingerprint density at radius 2 is 2.00 bits per heavy atom. The number of hydrogen-bond acceptors (Lipinski definition) is 1. The largest absolute Gasteiger partial charge is 0.313 e. The van der Waals surface area contributed by atoms with Gasteiger partial charge in [0.1, 0.15) is 6.17 Å². The number of hydrogen-bond donors (Lipinski definition) is 1. The molecular formula is C7H12FN. The molecule has 2 atom stereocenters. The zero-order chi connectivity index (χ0) is 6.27. The van der Waals surface area contributed by atoms with Gasteiger partial charge in [-0.1, -0.05) is 0 Å². The highest BCUT2D eigenvalue weighted by atomic mass is 19.1. The zero-order valence-corrected chi connectivity index (χ0v) is 5.44.